The normalized spacial score (nSPS) is 14.5. The molecule has 0 aliphatic carbocycles. The highest BCUT2D eigenvalue weighted by Crippen LogP contribution is 2.29. The Morgan fingerprint density at radius 3 is 1.82 bits per heavy atom. The summed E-state index contributed by atoms with van der Waals surface area (Å²) in [5.74, 6) is -1.42. The number of aliphatic carboxylic acids is 1. The van der Waals surface area contributed by atoms with Gasteiger partial charge in [0.2, 0.25) is 0 Å². The zero-order valence-electron chi connectivity index (χ0n) is 10.5. The van der Waals surface area contributed by atoms with Crippen LogP contribution in [0.3, 0.4) is 0 Å². The van der Waals surface area contributed by atoms with Gasteiger partial charge < -0.3 is 15.3 Å². The van der Waals surface area contributed by atoms with Crippen molar-refractivity contribution in [3.8, 4) is 0 Å². The standard InChI is InChI=1S/C13H18O4/c1-6-5-7(2)9(4)10(8(6)3)11(14)12(15)13(16)17/h5,11-12,14-15H,1-4H3,(H,16,17). The summed E-state index contributed by atoms with van der Waals surface area (Å²) >= 11 is 0. The van der Waals surface area contributed by atoms with E-state index in [1.165, 1.54) is 0 Å². The maximum Gasteiger partial charge on any atom is 0.335 e. The first-order valence-electron chi connectivity index (χ1n) is 5.43. The van der Waals surface area contributed by atoms with E-state index in [0.29, 0.717) is 5.56 Å². The number of aliphatic hydroxyl groups is 2. The van der Waals surface area contributed by atoms with Crippen LogP contribution < -0.4 is 0 Å². The van der Waals surface area contributed by atoms with Gasteiger partial charge in [-0.25, -0.2) is 4.79 Å². The fraction of sp³-hybridized carbons (Fsp3) is 0.462. The summed E-state index contributed by atoms with van der Waals surface area (Å²) in [6.07, 6.45) is -3.19. The minimum Gasteiger partial charge on any atom is -0.479 e. The highest BCUT2D eigenvalue weighted by Gasteiger charge is 2.28. The molecule has 17 heavy (non-hydrogen) atoms. The van der Waals surface area contributed by atoms with Gasteiger partial charge in [-0.15, -0.1) is 0 Å². The third kappa shape index (κ3) is 2.48. The predicted octanol–water partition coefficient (Wildman–Crippen LogP) is 1.40. The van der Waals surface area contributed by atoms with E-state index in [4.69, 9.17) is 5.11 Å². The average molecular weight is 238 g/mol. The molecule has 4 nitrogen and oxygen atoms in total. The van der Waals surface area contributed by atoms with Crippen LogP contribution in [0.2, 0.25) is 0 Å². The van der Waals surface area contributed by atoms with Crippen LogP contribution in [0.15, 0.2) is 6.07 Å². The van der Waals surface area contributed by atoms with Crippen LogP contribution in [0, 0.1) is 27.7 Å². The first-order valence-corrected chi connectivity index (χ1v) is 5.43. The summed E-state index contributed by atoms with van der Waals surface area (Å²) < 4.78 is 0. The van der Waals surface area contributed by atoms with Crippen molar-refractivity contribution in [2.45, 2.75) is 39.9 Å². The van der Waals surface area contributed by atoms with E-state index in [1.54, 1.807) is 0 Å². The van der Waals surface area contributed by atoms with Gasteiger partial charge in [-0.05, 0) is 55.5 Å². The molecule has 0 aromatic heterocycles. The fourth-order valence-corrected chi connectivity index (χ4v) is 1.98. The summed E-state index contributed by atoms with van der Waals surface area (Å²) in [7, 11) is 0. The molecule has 3 N–H and O–H groups in total. The van der Waals surface area contributed by atoms with Crippen molar-refractivity contribution in [2.24, 2.45) is 0 Å². The second-order valence-electron chi connectivity index (χ2n) is 4.40. The summed E-state index contributed by atoms with van der Waals surface area (Å²) in [6, 6.07) is 1.98. The summed E-state index contributed by atoms with van der Waals surface area (Å²) in [4.78, 5) is 10.7. The summed E-state index contributed by atoms with van der Waals surface area (Å²) in [6.45, 7) is 7.42. The molecule has 0 bridgehead atoms. The summed E-state index contributed by atoms with van der Waals surface area (Å²) in [5, 5.41) is 28.1. The van der Waals surface area contributed by atoms with Gasteiger partial charge in [0, 0.05) is 0 Å². The van der Waals surface area contributed by atoms with E-state index in [-0.39, 0.29) is 0 Å². The predicted molar refractivity (Wildman–Crippen MR) is 64.0 cm³/mol. The Kier molecular flexibility index (Phi) is 3.91. The van der Waals surface area contributed by atoms with Crippen molar-refractivity contribution < 1.29 is 20.1 Å². The van der Waals surface area contributed by atoms with Gasteiger partial charge in [0.15, 0.2) is 6.10 Å². The Morgan fingerprint density at radius 2 is 1.47 bits per heavy atom. The van der Waals surface area contributed by atoms with Crippen molar-refractivity contribution in [2.75, 3.05) is 0 Å². The number of aryl methyl sites for hydroxylation is 2. The van der Waals surface area contributed by atoms with Crippen molar-refractivity contribution in [3.05, 3.63) is 33.9 Å². The lowest BCUT2D eigenvalue weighted by atomic mass is 9.89. The molecule has 0 saturated heterocycles. The van der Waals surface area contributed by atoms with Gasteiger partial charge in [-0.1, -0.05) is 6.07 Å². The quantitative estimate of drug-likeness (QED) is 0.743. The molecule has 0 aliphatic rings. The van der Waals surface area contributed by atoms with E-state index in [2.05, 4.69) is 0 Å². The highest BCUT2D eigenvalue weighted by atomic mass is 16.4. The molecule has 2 atom stereocenters. The van der Waals surface area contributed by atoms with Crippen LogP contribution in [-0.2, 0) is 4.79 Å². The van der Waals surface area contributed by atoms with Gasteiger partial charge in [0.1, 0.15) is 6.10 Å². The van der Waals surface area contributed by atoms with Crippen molar-refractivity contribution in [3.63, 3.8) is 0 Å². The van der Waals surface area contributed by atoms with E-state index in [9.17, 15) is 15.0 Å². The van der Waals surface area contributed by atoms with E-state index in [1.807, 2.05) is 33.8 Å². The maximum absolute atomic E-state index is 10.7. The van der Waals surface area contributed by atoms with Crippen molar-refractivity contribution in [1.29, 1.82) is 0 Å². The largest absolute Gasteiger partial charge is 0.479 e. The molecule has 1 aromatic rings. The molecule has 0 spiro atoms. The molecular formula is C13H18O4. The van der Waals surface area contributed by atoms with Crippen LogP contribution in [-0.4, -0.2) is 27.4 Å². The lowest BCUT2D eigenvalue weighted by Gasteiger charge is -2.21. The Morgan fingerprint density at radius 1 is 1.06 bits per heavy atom. The number of rotatable bonds is 3. The molecule has 0 fully saturated rings. The zero-order valence-corrected chi connectivity index (χ0v) is 10.5. The number of carbonyl (C=O) groups is 1. The number of carboxylic acid groups (broad SMARTS) is 1. The van der Waals surface area contributed by atoms with Crippen LogP contribution >= 0.6 is 0 Å². The number of carboxylic acids is 1. The Balaban J connectivity index is 3.35. The summed E-state index contributed by atoms with van der Waals surface area (Å²) in [5.41, 5.74) is 4.10. The molecule has 4 heteroatoms. The van der Waals surface area contributed by atoms with E-state index >= 15 is 0 Å². The van der Waals surface area contributed by atoms with Crippen LogP contribution in [0.5, 0.6) is 0 Å². The van der Waals surface area contributed by atoms with Gasteiger partial charge in [0.25, 0.3) is 0 Å². The van der Waals surface area contributed by atoms with Crippen LogP contribution in [0.25, 0.3) is 0 Å². The first kappa shape index (κ1) is 13.7. The lowest BCUT2D eigenvalue weighted by Crippen LogP contribution is -2.28. The molecule has 0 saturated carbocycles. The topological polar surface area (TPSA) is 77.8 Å². The third-order valence-corrected chi connectivity index (χ3v) is 3.27. The van der Waals surface area contributed by atoms with Crippen molar-refractivity contribution >= 4 is 5.97 Å². The molecule has 94 valence electrons. The first-order chi connectivity index (χ1) is 7.77. The molecule has 0 heterocycles. The smallest absolute Gasteiger partial charge is 0.335 e. The second-order valence-corrected chi connectivity index (χ2v) is 4.40. The molecule has 1 aromatic carbocycles. The van der Waals surface area contributed by atoms with Crippen LogP contribution in [0.1, 0.15) is 33.9 Å². The van der Waals surface area contributed by atoms with Gasteiger partial charge in [-0.2, -0.15) is 0 Å². The minimum absolute atomic E-state index is 0.511. The second kappa shape index (κ2) is 4.85. The maximum atomic E-state index is 10.7. The number of benzene rings is 1. The minimum atomic E-state index is -1.80. The Labute approximate surface area is 101 Å². The van der Waals surface area contributed by atoms with Crippen LogP contribution in [0.4, 0.5) is 0 Å². The molecule has 1 rings (SSSR count). The molecular weight excluding hydrogens is 220 g/mol. The Bertz CT molecular complexity index is 425. The monoisotopic (exact) mass is 238 g/mol. The molecule has 0 aliphatic heterocycles. The zero-order chi connectivity index (χ0) is 13.3. The highest BCUT2D eigenvalue weighted by molar-refractivity contribution is 5.73. The molecule has 2 unspecified atom stereocenters. The number of aliphatic hydroxyl groups excluding tert-OH is 2. The molecule has 0 amide bonds. The van der Waals surface area contributed by atoms with Crippen molar-refractivity contribution in [1.82, 2.24) is 0 Å². The van der Waals surface area contributed by atoms with Gasteiger partial charge >= 0.3 is 5.97 Å². The van der Waals surface area contributed by atoms with Gasteiger partial charge in [0.05, 0.1) is 0 Å². The van der Waals surface area contributed by atoms with E-state index in [0.717, 1.165) is 22.3 Å². The third-order valence-electron chi connectivity index (χ3n) is 3.27. The average Bonchev–Trinajstić information content (AvgIpc) is 2.25. The van der Waals surface area contributed by atoms with Gasteiger partial charge in [-0.3, -0.25) is 0 Å². The SMILES string of the molecule is Cc1cc(C)c(C)c(C(O)C(O)C(=O)O)c1C. The lowest BCUT2D eigenvalue weighted by molar-refractivity contribution is -0.153. The molecule has 0 radical (unpaired) electrons. The number of hydrogen-bond donors (Lipinski definition) is 3. The number of hydrogen-bond acceptors (Lipinski definition) is 3. The Hall–Kier alpha value is -1.39. The fourth-order valence-electron chi connectivity index (χ4n) is 1.98. The van der Waals surface area contributed by atoms with E-state index < -0.39 is 18.2 Å².